The van der Waals surface area contributed by atoms with Crippen molar-refractivity contribution in [1.82, 2.24) is 10.2 Å². The first-order chi connectivity index (χ1) is 8.19. The third kappa shape index (κ3) is 3.31. The summed E-state index contributed by atoms with van der Waals surface area (Å²) in [5, 5.41) is 11.9. The van der Waals surface area contributed by atoms with Gasteiger partial charge < -0.3 is 15.3 Å². The van der Waals surface area contributed by atoms with Crippen molar-refractivity contribution in [3.63, 3.8) is 0 Å². The van der Waals surface area contributed by atoms with Crippen LogP contribution in [0.3, 0.4) is 0 Å². The van der Waals surface area contributed by atoms with Crippen LogP contribution >= 0.6 is 11.8 Å². The van der Waals surface area contributed by atoms with Crippen LogP contribution in [-0.4, -0.2) is 51.6 Å². The molecular weight excluding hydrogens is 252 g/mol. The Morgan fingerprint density at radius 3 is 2.56 bits per heavy atom. The average molecular weight is 274 g/mol. The molecule has 0 bridgehead atoms. The second-order valence-corrected chi connectivity index (χ2v) is 7.17. The standard InChI is InChI=1S/C12H22N2O3S/c1-11(2,9(15)16)14(4)10(17)13-8-12(3)6-5-7-18-12/h5-8H2,1-4H3,(H,13,17)(H,15,16). The summed E-state index contributed by atoms with van der Waals surface area (Å²) >= 11 is 1.86. The third-order valence-corrected chi connectivity index (χ3v) is 5.12. The maximum Gasteiger partial charge on any atom is 0.329 e. The number of carboxylic acids is 1. The zero-order valence-corrected chi connectivity index (χ0v) is 12.3. The second-order valence-electron chi connectivity index (χ2n) is 5.48. The van der Waals surface area contributed by atoms with Gasteiger partial charge in [-0.25, -0.2) is 9.59 Å². The molecule has 1 rings (SSSR count). The highest BCUT2D eigenvalue weighted by atomic mass is 32.2. The lowest BCUT2D eigenvalue weighted by molar-refractivity contribution is -0.146. The smallest absolute Gasteiger partial charge is 0.329 e. The topological polar surface area (TPSA) is 69.6 Å². The van der Waals surface area contributed by atoms with Crippen molar-refractivity contribution in [3.8, 4) is 0 Å². The van der Waals surface area contributed by atoms with E-state index in [0.717, 1.165) is 12.2 Å². The molecule has 18 heavy (non-hydrogen) atoms. The van der Waals surface area contributed by atoms with Gasteiger partial charge in [0.1, 0.15) is 5.54 Å². The number of likely N-dealkylation sites (N-methyl/N-ethyl adjacent to an activating group) is 1. The number of nitrogens with one attached hydrogen (secondary N) is 1. The fraction of sp³-hybridized carbons (Fsp3) is 0.833. The van der Waals surface area contributed by atoms with Crippen LogP contribution in [0.4, 0.5) is 4.79 Å². The molecule has 0 aromatic heterocycles. The van der Waals surface area contributed by atoms with E-state index < -0.39 is 11.5 Å². The Morgan fingerprint density at radius 2 is 2.11 bits per heavy atom. The molecule has 1 unspecified atom stereocenters. The number of hydrogen-bond donors (Lipinski definition) is 2. The molecule has 0 aromatic rings. The Hall–Kier alpha value is -0.910. The number of carboxylic acid groups (broad SMARTS) is 1. The van der Waals surface area contributed by atoms with Gasteiger partial charge in [0.05, 0.1) is 0 Å². The molecule has 2 amide bonds. The fourth-order valence-electron chi connectivity index (χ4n) is 1.75. The van der Waals surface area contributed by atoms with E-state index in [-0.39, 0.29) is 10.8 Å². The quantitative estimate of drug-likeness (QED) is 0.820. The van der Waals surface area contributed by atoms with Crippen LogP contribution in [0.1, 0.15) is 33.6 Å². The SMILES string of the molecule is CN(C(=O)NCC1(C)CCCS1)C(C)(C)C(=O)O. The number of carbonyl (C=O) groups is 2. The van der Waals surface area contributed by atoms with Crippen LogP contribution in [0.25, 0.3) is 0 Å². The number of aliphatic carboxylic acids is 1. The van der Waals surface area contributed by atoms with E-state index in [1.807, 2.05) is 11.8 Å². The minimum absolute atomic E-state index is 0.0872. The summed E-state index contributed by atoms with van der Waals surface area (Å²) in [4.78, 5) is 24.2. The van der Waals surface area contributed by atoms with Crippen LogP contribution in [0, 0.1) is 0 Å². The Kier molecular flexibility index (Phi) is 4.53. The number of nitrogens with zero attached hydrogens (tertiary/aromatic N) is 1. The van der Waals surface area contributed by atoms with Crippen molar-refractivity contribution in [2.75, 3.05) is 19.3 Å². The van der Waals surface area contributed by atoms with E-state index in [1.165, 1.54) is 32.2 Å². The third-order valence-electron chi connectivity index (χ3n) is 3.58. The summed E-state index contributed by atoms with van der Waals surface area (Å²) in [6, 6.07) is -0.337. The first kappa shape index (κ1) is 15.1. The van der Waals surface area contributed by atoms with E-state index in [0.29, 0.717) is 6.54 Å². The van der Waals surface area contributed by atoms with Gasteiger partial charge in [-0.1, -0.05) is 0 Å². The largest absolute Gasteiger partial charge is 0.480 e. The zero-order chi connectivity index (χ0) is 14.0. The molecule has 0 aliphatic carbocycles. The summed E-state index contributed by atoms with van der Waals surface area (Å²) in [6.07, 6.45) is 2.26. The average Bonchev–Trinajstić information content (AvgIpc) is 2.72. The molecule has 0 aromatic carbocycles. The highest BCUT2D eigenvalue weighted by molar-refractivity contribution is 8.00. The molecule has 2 N–H and O–H groups in total. The fourth-order valence-corrected chi connectivity index (χ4v) is 3.00. The highest BCUT2D eigenvalue weighted by Gasteiger charge is 2.36. The number of carbonyl (C=O) groups excluding carboxylic acids is 1. The zero-order valence-electron chi connectivity index (χ0n) is 11.4. The van der Waals surface area contributed by atoms with Crippen molar-refractivity contribution in [2.45, 2.75) is 43.9 Å². The van der Waals surface area contributed by atoms with Gasteiger partial charge in [0, 0.05) is 18.3 Å². The van der Waals surface area contributed by atoms with Gasteiger partial charge in [-0.3, -0.25) is 0 Å². The highest BCUT2D eigenvalue weighted by Crippen LogP contribution is 2.36. The Morgan fingerprint density at radius 1 is 1.50 bits per heavy atom. The molecule has 104 valence electrons. The molecule has 1 saturated heterocycles. The van der Waals surface area contributed by atoms with Gasteiger partial charge >= 0.3 is 12.0 Å². The summed E-state index contributed by atoms with van der Waals surface area (Å²) in [5.74, 6) is 0.115. The van der Waals surface area contributed by atoms with Gasteiger partial charge in [0.2, 0.25) is 0 Å². The van der Waals surface area contributed by atoms with Crippen molar-refractivity contribution < 1.29 is 14.7 Å². The lowest BCUT2D eigenvalue weighted by atomic mass is 10.0. The number of urea groups is 1. The molecule has 1 aliphatic heterocycles. The Labute approximate surface area is 112 Å². The first-order valence-electron chi connectivity index (χ1n) is 6.08. The van der Waals surface area contributed by atoms with E-state index in [9.17, 15) is 9.59 Å². The van der Waals surface area contributed by atoms with E-state index in [4.69, 9.17) is 5.11 Å². The van der Waals surface area contributed by atoms with E-state index in [2.05, 4.69) is 12.2 Å². The van der Waals surface area contributed by atoms with Crippen LogP contribution in [0.2, 0.25) is 0 Å². The maximum absolute atomic E-state index is 11.9. The Bertz CT molecular complexity index is 338. The molecule has 1 atom stereocenters. The maximum atomic E-state index is 11.9. The van der Waals surface area contributed by atoms with E-state index >= 15 is 0 Å². The van der Waals surface area contributed by atoms with Gasteiger partial charge in [0.15, 0.2) is 0 Å². The second kappa shape index (κ2) is 5.38. The van der Waals surface area contributed by atoms with Gasteiger partial charge in [-0.15, -0.1) is 0 Å². The monoisotopic (exact) mass is 274 g/mol. The molecule has 6 heteroatoms. The van der Waals surface area contributed by atoms with Crippen LogP contribution < -0.4 is 5.32 Å². The summed E-state index contributed by atoms with van der Waals surface area (Å²) < 4.78 is 0.0872. The molecule has 1 aliphatic rings. The summed E-state index contributed by atoms with van der Waals surface area (Å²) in [7, 11) is 1.51. The van der Waals surface area contributed by atoms with Gasteiger partial charge in [-0.05, 0) is 39.4 Å². The van der Waals surface area contributed by atoms with Crippen molar-refractivity contribution in [1.29, 1.82) is 0 Å². The number of rotatable bonds is 4. The van der Waals surface area contributed by atoms with Crippen LogP contribution in [-0.2, 0) is 4.79 Å². The van der Waals surface area contributed by atoms with Gasteiger partial charge in [0.25, 0.3) is 0 Å². The molecule has 0 spiro atoms. The number of thioether (sulfide) groups is 1. The van der Waals surface area contributed by atoms with Crippen molar-refractivity contribution >= 4 is 23.8 Å². The lowest BCUT2D eigenvalue weighted by Crippen LogP contribution is -2.55. The Balaban J connectivity index is 2.53. The predicted molar refractivity (Wildman–Crippen MR) is 73.0 cm³/mol. The molecule has 1 heterocycles. The molecule has 0 saturated carbocycles. The molecule has 1 fully saturated rings. The molecule has 5 nitrogen and oxygen atoms in total. The normalized spacial score (nSPS) is 23.8. The summed E-state index contributed by atoms with van der Waals surface area (Å²) in [5.41, 5.74) is -1.20. The van der Waals surface area contributed by atoms with Gasteiger partial charge in [-0.2, -0.15) is 11.8 Å². The van der Waals surface area contributed by atoms with E-state index in [1.54, 1.807) is 0 Å². The van der Waals surface area contributed by atoms with Crippen molar-refractivity contribution in [2.24, 2.45) is 0 Å². The lowest BCUT2D eigenvalue weighted by Gasteiger charge is -2.33. The minimum Gasteiger partial charge on any atom is -0.480 e. The first-order valence-corrected chi connectivity index (χ1v) is 7.07. The van der Waals surface area contributed by atoms with Crippen molar-refractivity contribution in [3.05, 3.63) is 0 Å². The molecular formula is C12H22N2O3S. The predicted octanol–water partition coefficient (Wildman–Crippen LogP) is 1.78. The minimum atomic E-state index is -1.20. The van der Waals surface area contributed by atoms with Crippen LogP contribution in [0.15, 0.2) is 0 Å². The molecule has 0 radical (unpaired) electrons. The van der Waals surface area contributed by atoms with Crippen LogP contribution in [0.5, 0.6) is 0 Å². The number of hydrogen-bond acceptors (Lipinski definition) is 3. The number of amides is 2. The summed E-state index contributed by atoms with van der Waals surface area (Å²) in [6.45, 7) is 5.74.